The van der Waals surface area contributed by atoms with Crippen molar-refractivity contribution in [3.8, 4) is 0 Å². The van der Waals surface area contributed by atoms with E-state index in [4.69, 9.17) is 4.74 Å². The fourth-order valence-corrected chi connectivity index (χ4v) is 5.78. The highest BCUT2D eigenvalue weighted by Gasteiger charge is 2.37. The summed E-state index contributed by atoms with van der Waals surface area (Å²) in [7, 11) is -4.05. The van der Waals surface area contributed by atoms with Gasteiger partial charge in [0, 0.05) is 24.2 Å². The maximum absolute atomic E-state index is 13.1. The average molecular weight is 399 g/mol. The molecule has 1 aliphatic heterocycles. The van der Waals surface area contributed by atoms with Crippen molar-refractivity contribution in [3.05, 3.63) is 27.1 Å². The Morgan fingerprint density at radius 2 is 2.15 bits per heavy atom. The molecule has 0 aliphatic carbocycles. The van der Waals surface area contributed by atoms with Crippen LogP contribution < -0.4 is 5.56 Å². The Bertz CT molecular complexity index is 1010. The Morgan fingerprint density at radius 3 is 2.85 bits per heavy atom. The van der Waals surface area contributed by atoms with Crippen LogP contribution in [-0.4, -0.2) is 47.8 Å². The standard InChI is InChI=1S/C16H21N3O5S2/c1-4-24-15(21)12-6-5-7-18(9-12)26(22,23)13-11(3)17-16-19(14(13)20)8-10(2)25-16/h8,12H,4-7,9H2,1-3H3/t12-/m0/s1. The molecule has 8 nitrogen and oxygen atoms in total. The summed E-state index contributed by atoms with van der Waals surface area (Å²) >= 11 is 1.33. The normalized spacial score (nSPS) is 19.0. The van der Waals surface area contributed by atoms with Gasteiger partial charge in [0.05, 0.1) is 18.2 Å². The van der Waals surface area contributed by atoms with Crippen molar-refractivity contribution in [2.45, 2.75) is 38.5 Å². The van der Waals surface area contributed by atoms with Gasteiger partial charge in [-0.3, -0.25) is 14.0 Å². The fourth-order valence-electron chi connectivity index (χ4n) is 3.18. The van der Waals surface area contributed by atoms with E-state index in [2.05, 4.69) is 4.98 Å². The lowest BCUT2D eigenvalue weighted by Crippen LogP contribution is -2.44. The van der Waals surface area contributed by atoms with Gasteiger partial charge in [-0.2, -0.15) is 4.31 Å². The van der Waals surface area contributed by atoms with Gasteiger partial charge in [-0.25, -0.2) is 13.4 Å². The number of carbonyl (C=O) groups is 1. The van der Waals surface area contributed by atoms with Gasteiger partial charge in [0.1, 0.15) is 0 Å². The zero-order valence-corrected chi connectivity index (χ0v) is 16.5. The van der Waals surface area contributed by atoms with E-state index in [-0.39, 0.29) is 30.3 Å². The van der Waals surface area contributed by atoms with E-state index in [9.17, 15) is 18.0 Å². The molecular weight excluding hydrogens is 378 g/mol. The van der Waals surface area contributed by atoms with Crippen LogP contribution in [0.25, 0.3) is 4.96 Å². The van der Waals surface area contributed by atoms with E-state index in [0.717, 1.165) is 4.88 Å². The molecule has 1 saturated heterocycles. The molecular formula is C16H21N3O5S2. The fraction of sp³-hybridized carbons (Fsp3) is 0.562. The second-order valence-corrected chi connectivity index (χ2v) is 9.37. The van der Waals surface area contributed by atoms with E-state index in [0.29, 0.717) is 17.8 Å². The van der Waals surface area contributed by atoms with Crippen LogP contribution in [0.2, 0.25) is 0 Å². The quantitative estimate of drug-likeness (QED) is 0.720. The van der Waals surface area contributed by atoms with Crippen molar-refractivity contribution in [3.63, 3.8) is 0 Å². The number of piperidine rings is 1. The maximum Gasteiger partial charge on any atom is 0.310 e. The molecule has 1 fully saturated rings. The third kappa shape index (κ3) is 3.28. The van der Waals surface area contributed by atoms with Crippen molar-refractivity contribution >= 4 is 32.3 Å². The summed E-state index contributed by atoms with van der Waals surface area (Å²) in [4.78, 5) is 30.1. The number of aromatic nitrogens is 2. The molecule has 0 amide bonds. The van der Waals surface area contributed by atoms with Crippen LogP contribution in [0.15, 0.2) is 15.9 Å². The number of rotatable bonds is 4. The Kier molecular flexibility index (Phi) is 5.18. The van der Waals surface area contributed by atoms with Gasteiger partial charge in [0.15, 0.2) is 9.86 Å². The molecule has 0 radical (unpaired) electrons. The lowest BCUT2D eigenvalue weighted by molar-refractivity contribution is -0.149. The second kappa shape index (κ2) is 7.09. The Balaban J connectivity index is 2.01. The lowest BCUT2D eigenvalue weighted by atomic mass is 10.0. The number of thiazole rings is 1. The number of fused-ring (bicyclic) bond motifs is 1. The highest BCUT2D eigenvalue weighted by molar-refractivity contribution is 7.89. The van der Waals surface area contributed by atoms with Crippen LogP contribution in [0.3, 0.4) is 0 Å². The first-order valence-electron chi connectivity index (χ1n) is 8.42. The van der Waals surface area contributed by atoms with Gasteiger partial charge in [0.2, 0.25) is 10.0 Å². The van der Waals surface area contributed by atoms with Crippen LogP contribution >= 0.6 is 11.3 Å². The Morgan fingerprint density at radius 1 is 1.42 bits per heavy atom. The number of hydrogen-bond acceptors (Lipinski definition) is 7. The predicted octanol–water partition coefficient (Wildman–Crippen LogP) is 1.34. The summed E-state index contributed by atoms with van der Waals surface area (Å²) in [5, 5.41) is 0. The third-order valence-electron chi connectivity index (χ3n) is 4.38. The first-order chi connectivity index (χ1) is 12.3. The van der Waals surface area contributed by atoms with Crippen LogP contribution in [-0.2, 0) is 19.6 Å². The van der Waals surface area contributed by atoms with E-state index in [1.807, 2.05) is 6.92 Å². The molecule has 26 heavy (non-hydrogen) atoms. The zero-order chi connectivity index (χ0) is 19.1. The summed E-state index contributed by atoms with van der Waals surface area (Å²) in [6.07, 6.45) is 2.70. The van der Waals surface area contributed by atoms with Crippen molar-refractivity contribution < 1.29 is 17.9 Å². The summed E-state index contributed by atoms with van der Waals surface area (Å²) in [6.45, 7) is 5.60. The average Bonchev–Trinajstić information content (AvgIpc) is 2.95. The molecule has 0 spiro atoms. The summed E-state index contributed by atoms with van der Waals surface area (Å²) in [5.41, 5.74) is -0.426. The van der Waals surface area contributed by atoms with Gasteiger partial charge in [0.25, 0.3) is 5.56 Å². The second-order valence-electron chi connectivity index (χ2n) is 6.28. The van der Waals surface area contributed by atoms with Crippen molar-refractivity contribution in [2.24, 2.45) is 5.92 Å². The third-order valence-corrected chi connectivity index (χ3v) is 7.27. The molecule has 2 aromatic heterocycles. The largest absolute Gasteiger partial charge is 0.466 e. The maximum atomic E-state index is 13.1. The zero-order valence-electron chi connectivity index (χ0n) is 14.9. The lowest BCUT2D eigenvalue weighted by Gasteiger charge is -2.30. The molecule has 3 rings (SSSR count). The SMILES string of the molecule is CCOC(=O)[C@H]1CCCN(S(=O)(=O)c2c(C)nc3sc(C)cn3c2=O)C1. The van der Waals surface area contributed by atoms with Gasteiger partial charge in [-0.1, -0.05) is 0 Å². The molecule has 10 heteroatoms. The van der Waals surface area contributed by atoms with Crippen molar-refractivity contribution in [1.29, 1.82) is 0 Å². The smallest absolute Gasteiger partial charge is 0.310 e. The number of ether oxygens (including phenoxy) is 1. The van der Waals surface area contributed by atoms with E-state index < -0.39 is 27.5 Å². The Labute approximate surface area is 155 Å². The molecule has 0 bridgehead atoms. The number of hydrogen-bond donors (Lipinski definition) is 0. The predicted molar refractivity (Wildman–Crippen MR) is 96.9 cm³/mol. The number of carbonyl (C=O) groups excluding carboxylic acids is 1. The number of esters is 1. The monoisotopic (exact) mass is 399 g/mol. The topological polar surface area (TPSA) is 98.0 Å². The van der Waals surface area contributed by atoms with Crippen LogP contribution in [0.4, 0.5) is 0 Å². The summed E-state index contributed by atoms with van der Waals surface area (Å²) < 4.78 is 33.8. The van der Waals surface area contributed by atoms with Crippen LogP contribution in [0.1, 0.15) is 30.3 Å². The molecule has 1 atom stereocenters. The highest BCUT2D eigenvalue weighted by Crippen LogP contribution is 2.25. The van der Waals surface area contributed by atoms with Gasteiger partial charge < -0.3 is 4.74 Å². The molecule has 142 valence electrons. The number of sulfonamides is 1. The molecule has 2 aromatic rings. The van der Waals surface area contributed by atoms with Gasteiger partial charge >= 0.3 is 5.97 Å². The van der Waals surface area contributed by atoms with Crippen LogP contribution in [0.5, 0.6) is 0 Å². The summed E-state index contributed by atoms with van der Waals surface area (Å²) in [5.74, 6) is -0.913. The summed E-state index contributed by atoms with van der Waals surface area (Å²) in [6, 6.07) is 0. The first-order valence-corrected chi connectivity index (χ1v) is 10.7. The molecule has 0 unspecified atom stereocenters. The van der Waals surface area contributed by atoms with E-state index in [1.165, 1.54) is 27.0 Å². The minimum Gasteiger partial charge on any atom is -0.466 e. The van der Waals surface area contributed by atoms with E-state index >= 15 is 0 Å². The Hall–Kier alpha value is -1.78. The number of aryl methyl sites for hydroxylation is 2. The molecule has 0 saturated carbocycles. The number of nitrogens with zero attached hydrogens (tertiary/aromatic N) is 3. The molecule has 0 N–H and O–H groups in total. The van der Waals surface area contributed by atoms with Crippen LogP contribution in [0, 0.1) is 19.8 Å². The molecule has 0 aromatic carbocycles. The minimum absolute atomic E-state index is 0.0193. The minimum atomic E-state index is -4.05. The van der Waals surface area contributed by atoms with E-state index in [1.54, 1.807) is 13.1 Å². The van der Waals surface area contributed by atoms with Gasteiger partial charge in [-0.05, 0) is 33.6 Å². The molecule has 1 aliphatic rings. The molecule has 3 heterocycles. The first kappa shape index (κ1) is 19.0. The van der Waals surface area contributed by atoms with Crippen molar-refractivity contribution in [2.75, 3.05) is 19.7 Å². The van der Waals surface area contributed by atoms with Crippen molar-refractivity contribution in [1.82, 2.24) is 13.7 Å². The highest BCUT2D eigenvalue weighted by atomic mass is 32.2. The van der Waals surface area contributed by atoms with Gasteiger partial charge in [-0.15, -0.1) is 11.3 Å².